The molecule has 0 amide bonds. The predicted octanol–water partition coefficient (Wildman–Crippen LogP) is 4.66. The third kappa shape index (κ3) is 3.93. The molecule has 0 aromatic heterocycles. The lowest BCUT2D eigenvalue weighted by atomic mass is 10.2. The second kappa shape index (κ2) is 6.00. The Kier molecular flexibility index (Phi) is 4.08. The van der Waals surface area contributed by atoms with Crippen molar-refractivity contribution in [1.82, 2.24) is 5.32 Å². The Morgan fingerprint density at radius 2 is 1.81 bits per heavy atom. The van der Waals surface area contributed by atoms with Crippen molar-refractivity contribution in [3.63, 3.8) is 0 Å². The third-order valence-corrected chi connectivity index (χ3v) is 3.53. The highest BCUT2D eigenvalue weighted by Crippen LogP contribution is 2.31. The number of nitrogens with one attached hydrogen (secondary N) is 1. The van der Waals surface area contributed by atoms with Gasteiger partial charge in [-0.2, -0.15) is 0 Å². The number of hydrogen-bond acceptors (Lipinski definition) is 2. The lowest BCUT2D eigenvalue weighted by Crippen LogP contribution is -2.15. The van der Waals surface area contributed by atoms with Crippen LogP contribution in [0.2, 0.25) is 5.02 Å². The normalized spacial score (nSPS) is 14.2. The van der Waals surface area contributed by atoms with E-state index >= 15 is 0 Å². The smallest absolute Gasteiger partial charge is 0.146 e. The van der Waals surface area contributed by atoms with Crippen molar-refractivity contribution < 1.29 is 13.5 Å². The molecule has 21 heavy (non-hydrogen) atoms. The Labute approximate surface area is 126 Å². The topological polar surface area (TPSA) is 21.3 Å². The highest BCUT2D eigenvalue weighted by atomic mass is 35.5. The zero-order valence-electron chi connectivity index (χ0n) is 11.2. The number of ether oxygens (including phenoxy) is 1. The summed E-state index contributed by atoms with van der Waals surface area (Å²) < 4.78 is 31.7. The molecule has 1 aliphatic rings. The maximum atomic E-state index is 13.1. The Morgan fingerprint density at radius 3 is 2.43 bits per heavy atom. The van der Waals surface area contributed by atoms with Gasteiger partial charge in [-0.3, -0.25) is 0 Å². The van der Waals surface area contributed by atoms with Gasteiger partial charge in [-0.25, -0.2) is 8.78 Å². The minimum Gasteiger partial charge on any atom is -0.456 e. The van der Waals surface area contributed by atoms with Gasteiger partial charge in [-0.05, 0) is 30.5 Å². The highest BCUT2D eigenvalue weighted by Gasteiger charge is 2.20. The summed E-state index contributed by atoms with van der Waals surface area (Å²) >= 11 is 6.15. The van der Waals surface area contributed by atoms with Crippen molar-refractivity contribution >= 4 is 11.6 Å². The first-order valence-corrected chi connectivity index (χ1v) is 7.14. The van der Waals surface area contributed by atoms with E-state index in [1.165, 1.54) is 12.8 Å². The zero-order chi connectivity index (χ0) is 14.8. The molecule has 3 rings (SSSR count). The van der Waals surface area contributed by atoms with Crippen molar-refractivity contribution in [3.05, 3.63) is 58.6 Å². The summed E-state index contributed by atoms with van der Waals surface area (Å²) in [5.41, 5.74) is 1.05. The van der Waals surface area contributed by atoms with Gasteiger partial charge in [0.25, 0.3) is 0 Å². The molecule has 5 heteroatoms. The molecule has 1 N–H and O–H groups in total. The van der Waals surface area contributed by atoms with Gasteiger partial charge in [0.1, 0.15) is 23.1 Å². The van der Waals surface area contributed by atoms with Crippen LogP contribution in [0, 0.1) is 11.6 Å². The van der Waals surface area contributed by atoms with E-state index in [0.717, 1.165) is 30.3 Å². The monoisotopic (exact) mass is 309 g/mol. The van der Waals surface area contributed by atoms with Crippen molar-refractivity contribution in [2.75, 3.05) is 0 Å². The van der Waals surface area contributed by atoms with Crippen LogP contribution in [0.4, 0.5) is 8.78 Å². The van der Waals surface area contributed by atoms with Crippen molar-refractivity contribution in [1.29, 1.82) is 0 Å². The molecule has 0 spiro atoms. The maximum absolute atomic E-state index is 13.1. The van der Waals surface area contributed by atoms with Gasteiger partial charge in [-0.1, -0.05) is 17.7 Å². The molecule has 1 fully saturated rings. The van der Waals surface area contributed by atoms with Crippen LogP contribution in [0.3, 0.4) is 0 Å². The number of halogens is 3. The van der Waals surface area contributed by atoms with Crippen LogP contribution in [0.15, 0.2) is 36.4 Å². The second-order valence-electron chi connectivity index (χ2n) is 5.13. The van der Waals surface area contributed by atoms with Crippen LogP contribution in [0.5, 0.6) is 11.5 Å². The molecule has 0 saturated heterocycles. The average Bonchev–Trinajstić information content (AvgIpc) is 3.22. The van der Waals surface area contributed by atoms with Gasteiger partial charge < -0.3 is 10.1 Å². The van der Waals surface area contributed by atoms with E-state index in [-0.39, 0.29) is 5.75 Å². The van der Waals surface area contributed by atoms with Crippen LogP contribution >= 0.6 is 11.6 Å². The number of benzene rings is 2. The highest BCUT2D eigenvalue weighted by molar-refractivity contribution is 6.32. The minimum absolute atomic E-state index is 0.0817. The predicted molar refractivity (Wildman–Crippen MR) is 77.7 cm³/mol. The molecule has 2 aromatic rings. The number of hydrogen-bond donors (Lipinski definition) is 1. The van der Waals surface area contributed by atoms with E-state index in [9.17, 15) is 8.78 Å². The summed E-state index contributed by atoms with van der Waals surface area (Å²) in [5, 5.41) is 3.80. The standard InChI is InChI=1S/C16H14ClF2NO/c17-15-5-10(9-20-13-2-3-13)1-4-16(15)21-14-7-11(18)6-12(19)8-14/h1,4-8,13,20H,2-3,9H2. The van der Waals surface area contributed by atoms with E-state index in [4.69, 9.17) is 16.3 Å². The fourth-order valence-corrected chi connectivity index (χ4v) is 2.24. The molecule has 0 bridgehead atoms. The third-order valence-electron chi connectivity index (χ3n) is 3.23. The largest absolute Gasteiger partial charge is 0.456 e. The summed E-state index contributed by atoms with van der Waals surface area (Å²) in [6, 6.07) is 9.02. The molecule has 0 unspecified atom stereocenters. The molecule has 2 aromatic carbocycles. The summed E-state index contributed by atoms with van der Waals surface area (Å²) in [4.78, 5) is 0. The molecule has 110 valence electrons. The van der Waals surface area contributed by atoms with Crippen molar-refractivity contribution in [2.24, 2.45) is 0 Å². The maximum Gasteiger partial charge on any atom is 0.146 e. The van der Waals surface area contributed by atoms with E-state index in [0.29, 0.717) is 16.8 Å². The lowest BCUT2D eigenvalue weighted by Gasteiger charge is -2.10. The molecule has 0 atom stereocenters. The van der Waals surface area contributed by atoms with E-state index < -0.39 is 11.6 Å². The summed E-state index contributed by atoms with van der Waals surface area (Å²) in [6.45, 7) is 0.749. The van der Waals surface area contributed by atoms with Gasteiger partial charge in [-0.15, -0.1) is 0 Å². The lowest BCUT2D eigenvalue weighted by molar-refractivity contribution is 0.468. The fourth-order valence-electron chi connectivity index (χ4n) is 2.00. The fraction of sp³-hybridized carbons (Fsp3) is 0.250. The van der Waals surface area contributed by atoms with Crippen molar-refractivity contribution in [3.8, 4) is 11.5 Å². The average molecular weight is 310 g/mol. The molecule has 2 nitrogen and oxygen atoms in total. The Hall–Kier alpha value is -1.65. The SMILES string of the molecule is Fc1cc(F)cc(Oc2ccc(CNC3CC3)cc2Cl)c1. The first-order valence-electron chi connectivity index (χ1n) is 6.76. The van der Waals surface area contributed by atoms with Gasteiger partial charge in [0, 0.05) is 30.8 Å². The quantitative estimate of drug-likeness (QED) is 0.867. The minimum atomic E-state index is -0.689. The molecular formula is C16H14ClF2NO. The van der Waals surface area contributed by atoms with Gasteiger partial charge in [0.2, 0.25) is 0 Å². The molecular weight excluding hydrogens is 296 g/mol. The van der Waals surface area contributed by atoms with E-state index in [2.05, 4.69) is 5.32 Å². The Balaban J connectivity index is 1.72. The summed E-state index contributed by atoms with van der Waals surface area (Å²) in [6.07, 6.45) is 2.44. The summed E-state index contributed by atoms with van der Waals surface area (Å²) in [5.74, 6) is -0.923. The van der Waals surface area contributed by atoms with Gasteiger partial charge in [0.15, 0.2) is 0 Å². The van der Waals surface area contributed by atoms with Gasteiger partial charge >= 0.3 is 0 Å². The Morgan fingerprint density at radius 1 is 1.10 bits per heavy atom. The molecule has 0 radical (unpaired) electrons. The van der Waals surface area contributed by atoms with Gasteiger partial charge in [0.05, 0.1) is 5.02 Å². The molecule has 1 saturated carbocycles. The number of rotatable bonds is 5. The zero-order valence-corrected chi connectivity index (χ0v) is 12.0. The summed E-state index contributed by atoms with van der Waals surface area (Å²) in [7, 11) is 0. The van der Waals surface area contributed by atoms with Crippen molar-refractivity contribution in [2.45, 2.75) is 25.4 Å². The van der Waals surface area contributed by atoms with Crippen LogP contribution in [0.1, 0.15) is 18.4 Å². The first-order chi connectivity index (χ1) is 10.1. The van der Waals surface area contributed by atoms with Crippen LogP contribution in [0.25, 0.3) is 0 Å². The first kappa shape index (κ1) is 14.3. The van der Waals surface area contributed by atoms with E-state index in [1.54, 1.807) is 12.1 Å². The molecule has 0 heterocycles. The van der Waals surface area contributed by atoms with Crippen LogP contribution in [-0.2, 0) is 6.54 Å². The molecule has 1 aliphatic carbocycles. The Bertz CT molecular complexity index is 638. The van der Waals surface area contributed by atoms with Crippen LogP contribution in [-0.4, -0.2) is 6.04 Å². The second-order valence-corrected chi connectivity index (χ2v) is 5.53. The molecule has 0 aliphatic heterocycles. The van der Waals surface area contributed by atoms with E-state index in [1.807, 2.05) is 6.07 Å². The van der Waals surface area contributed by atoms with Crippen LogP contribution < -0.4 is 10.1 Å².